The number of rotatable bonds is 3. The number of aryl methyl sites for hydroxylation is 1. The fourth-order valence-corrected chi connectivity index (χ4v) is 2.35. The van der Waals surface area contributed by atoms with Crippen LogP contribution in [0.3, 0.4) is 0 Å². The number of nitrogens with zero attached hydrogens (tertiary/aromatic N) is 4. The summed E-state index contributed by atoms with van der Waals surface area (Å²) in [4.78, 5) is 15.7. The molecule has 3 N–H and O–H groups in total. The number of anilines is 1. The van der Waals surface area contributed by atoms with Gasteiger partial charge in [-0.2, -0.15) is 0 Å². The van der Waals surface area contributed by atoms with Crippen molar-refractivity contribution in [2.24, 2.45) is 10.7 Å². The summed E-state index contributed by atoms with van der Waals surface area (Å²) >= 11 is 0. The number of nitrogens with two attached hydrogens (primary N) is 1. The van der Waals surface area contributed by atoms with E-state index in [1.807, 2.05) is 13.0 Å². The summed E-state index contributed by atoms with van der Waals surface area (Å²) in [7, 11) is 0. The van der Waals surface area contributed by atoms with Crippen LogP contribution in [0.4, 0.5) is 5.95 Å². The van der Waals surface area contributed by atoms with Crippen LogP contribution in [0.5, 0.6) is 0 Å². The van der Waals surface area contributed by atoms with Crippen molar-refractivity contribution in [2.45, 2.75) is 52.6 Å². The van der Waals surface area contributed by atoms with Crippen LogP contribution in [-0.4, -0.2) is 34.6 Å². The lowest BCUT2D eigenvalue weighted by atomic mass is 10.1. The summed E-state index contributed by atoms with van der Waals surface area (Å²) in [6, 6.07) is 1.97. The van der Waals surface area contributed by atoms with Gasteiger partial charge in [0.15, 0.2) is 5.96 Å². The third-order valence-corrected chi connectivity index (χ3v) is 3.20. The number of halogens is 1. The number of aliphatic imine (C=N–C) groups is 1. The molecule has 0 atom stereocenters. The Morgan fingerprint density at radius 3 is 2.55 bits per heavy atom. The molecule has 0 saturated carbocycles. The molecule has 1 fully saturated rings. The molecule has 7 heteroatoms. The maximum Gasteiger partial charge on any atom is 0.225 e. The van der Waals surface area contributed by atoms with E-state index < -0.39 is 0 Å². The molecule has 0 unspecified atom stereocenters. The Morgan fingerprint density at radius 1 is 1.32 bits per heavy atom. The predicted octanol–water partition coefficient (Wildman–Crippen LogP) is 2.21. The van der Waals surface area contributed by atoms with Gasteiger partial charge in [-0.05, 0) is 46.6 Å². The van der Waals surface area contributed by atoms with Crippen LogP contribution < -0.4 is 16.0 Å². The molecule has 2 heterocycles. The number of hydrogen-bond donors (Lipinski definition) is 2. The van der Waals surface area contributed by atoms with E-state index in [0.717, 1.165) is 30.4 Å². The molecule has 22 heavy (non-hydrogen) atoms. The lowest BCUT2D eigenvalue weighted by Gasteiger charge is -2.21. The molecular formula is C15H27IN6. The SMILES string of the molecule is Cc1cc(CN=C(N)NC(C)(C)C)nc(N2CCCC2)n1.I. The highest BCUT2D eigenvalue weighted by atomic mass is 127. The number of aromatic nitrogens is 2. The van der Waals surface area contributed by atoms with Crippen molar-refractivity contribution in [1.82, 2.24) is 15.3 Å². The van der Waals surface area contributed by atoms with Gasteiger partial charge in [-0.15, -0.1) is 24.0 Å². The topological polar surface area (TPSA) is 79.4 Å². The number of guanidine groups is 1. The maximum atomic E-state index is 5.89. The monoisotopic (exact) mass is 418 g/mol. The molecule has 6 nitrogen and oxygen atoms in total. The first-order chi connectivity index (χ1) is 9.83. The molecule has 0 amide bonds. The highest BCUT2D eigenvalue weighted by molar-refractivity contribution is 14.0. The van der Waals surface area contributed by atoms with Crippen molar-refractivity contribution < 1.29 is 0 Å². The number of hydrogen-bond acceptors (Lipinski definition) is 4. The average molecular weight is 418 g/mol. The summed E-state index contributed by atoms with van der Waals surface area (Å²) in [6.07, 6.45) is 2.43. The lowest BCUT2D eigenvalue weighted by molar-refractivity contribution is 0.508. The minimum atomic E-state index is -0.0874. The van der Waals surface area contributed by atoms with E-state index >= 15 is 0 Å². The van der Waals surface area contributed by atoms with Crippen molar-refractivity contribution in [2.75, 3.05) is 18.0 Å². The quantitative estimate of drug-likeness (QED) is 0.447. The first-order valence-electron chi connectivity index (χ1n) is 7.51. The van der Waals surface area contributed by atoms with Crippen LogP contribution in [0.15, 0.2) is 11.1 Å². The summed E-state index contributed by atoms with van der Waals surface area (Å²) in [5.74, 6) is 1.27. The molecule has 1 aromatic heterocycles. The molecule has 1 aromatic rings. The Morgan fingerprint density at radius 2 is 1.95 bits per heavy atom. The van der Waals surface area contributed by atoms with E-state index in [2.05, 4.69) is 45.9 Å². The normalized spacial score (nSPS) is 15.6. The van der Waals surface area contributed by atoms with Gasteiger partial charge >= 0.3 is 0 Å². The smallest absolute Gasteiger partial charge is 0.225 e. The molecule has 2 rings (SSSR count). The van der Waals surface area contributed by atoms with Crippen LogP contribution in [0.2, 0.25) is 0 Å². The molecule has 124 valence electrons. The maximum absolute atomic E-state index is 5.89. The minimum Gasteiger partial charge on any atom is -0.370 e. The second kappa shape index (κ2) is 7.94. The van der Waals surface area contributed by atoms with Crippen LogP contribution in [0.1, 0.15) is 45.0 Å². The molecule has 1 saturated heterocycles. The summed E-state index contributed by atoms with van der Waals surface area (Å²) in [5.41, 5.74) is 7.68. The van der Waals surface area contributed by atoms with Crippen molar-refractivity contribution >= 4 is 35.9 Å². The van der Waals surface area contributed by atoms with Crippen molar-refractivity contribution in [1.29, 1.82) is 0 Å². The lowest BCUT2D eigenvalue weighted by Crippen LogP contribution is -2.45. The van der Waals surface area contributed by atoms with Crippen LogP contribution >= 0.6 is 24.0 Å². The first kappa shape index (κ1) is 18.9. The van der Waals surface area contributed by atoms with Gasteiger partial charge in [-0.3, -0.25) is 0 Å². The van der Waals surface area contributed by atoms with Gasteiger partial charge in [0.1, 0.15) is 0 Å². The summed E-state index contributed by atoms with van der Waals surface area (Å²) in [6.45, 7) is 10.7. The van der Waals surface area contributed by atoms with Crippen molar-refractivity contribution in [3.8, 4) is 0 Å². The van der Waals surface area contributed by atoms with E-state index in [-0.39, 0.29) is 29.5 Å². The highest BCUT2D eigenvalue weighted by Crippen LogP contribution is 2.16. The zero-order valence-corrected chi connectivity index (χ0v) is 16.2. The van der Waals surface area contributed by atoms with Gasteiger partial charge < -0.3 is 16.0 Å². The van der Waals surface area contributed by atoms with E-state index in [9.17, 15) is 0 Å². The largest absolute Gasteiger partial charge is 0.370 e. The van der Waals surface area contributed by atoms with Crippen LogP contribution in [-0.2, 0) is 6.54 Å². The van der Waals surface area contributed by atoms with Gasteiger partial charge in [-0.25, -0.2) is 15.0 Å². The molecule has 0 aliphatic carbocycles. The van der Waals surface area contributed by atoms with Gasteiger partial charge in [0.05, 0.1) is 12.2 Å². The predicted molar refractivity (Wildman–Crippen MR) is 102 cm³/mol. The Hall–Kier alpha value is -1.12. The van der Waals surface area contributed by atoms with Crippen molar-refractivity contribution in [3.05, 3.63) is 17.5 Å². The Balaban J connectivity index is 0.00000242. The van der Waals surface area contributed by atoms with Gasteiger partial charge in [0, 0.05) is 24.3 Å². The first-order valence-corrected chi connectivity index (χ1v) is 7.51. The fourth-order valence-electron chi connectivity index (χ4n) is 2.35. The zero-order valence-electron chi connectivity index (χ0n) is 13.9. The van der Waals surface area contributed by atoms with Crippen LogP contribution in [0.25, 0.3) is 0 Å². The van der Waals surface area contributed by atoms with Gasteiger partial charge in [0.2, 0.25) is 5.95 Å². The standard InChI is InChI=1S/C15H26N6.HI/c1-11-9-12(10-17-13(16)20-15(2,3)4)19-14(18-11)21-7-5-6-8-21;/h9H,5-8,10H2,1-4H3,(H3,16,17,20);1H. The van der Waals surface area contributed by atoms with Crippen LogP contribution in [0, 0.1) is 6.92 Å². The summed E-state index contributed by atoms with van der Waals surface area (Å²) in [5, 5.41) is 3.15. The van der Waals surface area contributed by atoms with Crippen molar-refractivity contribution in [3.63, 3.8) is 0 Å². The molecule has 0 radical (unpaired) electrons. The second-order valence-electron chi connectivity index (χ2n) is 6.57. The Kier molecular flexibility index (Phi) is 6.83. The van der Waals surface area contributed by atoms with Gasteiger partial charge in [0.25, 0.3) is 0 Å². The highest BCUT2D eigenvalue weighted by Gasteiger charge is 2.16. The second-order valence-corrected chi connectivity index (χ2v) is 6.57. The molecular weight excluding hydrogens is 391 g/mol. The van der Waals surface area contributed by atoms with E-state index in [0.29, 0.717) is 12.5 Å². The average Bonchev–Trinajstić information content (AvgIpc) is 2.87. The summed E-state index contributed by atoms with van der Waals surface area (Å²) < 4.78 is 0. The Bertz CT molecular complexity index is 517. The van der Waals surface area contributed by atoms with E-state index in [1.54, 1.807) is 0 Å². The van der Waals surface area contributed by atoms with E-state index in [4.69, 9.17) is 5.73 Å². The van der Waals surface area contributed by atoms with E-state index in [1.165, 1.54) is 12.8 Å². The third kappa shape index (κ3) is 5.94. The molecule has 0 spiro atoms. The molecule has 0 bridgehead atoms. The van der Waals surface area contributed by atoms with Gasteiger partial charge in [-0.1, -0.05) is 0 Å². The molecule has 0 aromatic carbocycles. The number of nitrogens with one attached hydrogen (secondary N) is 1. The Labute approximate surface area is 150 Å². The third-order valence-electron chi connectivity index (χ3n) is 3.20. The zero-order chi connectivity index (χ0) is 15.5. The molecule has 1 aliphatic rings. The molecule has 1 aliphatic heterocycles. The fraction of sp³-hybridized carbons (Fsp3) is 0.667. The minimum absolute atomic E-state index is 0.